The zero-order chi connectivity index (χ0) is 13.6. The Morgan fingerprint density at radius 2 is 1.74 bits per heavy atom. The number of aromatic nitrogens is 1. The second kappa shape index (κ2) is 4.46. The smallest absolute Gasteiger partial charge is 0.184 e. The van der Waals surface area contributed by atoms with E-state index in [2.05, 4.69) is 68.8 Å². The van der Waals surface area contributed by atoms with E-state index >= 15 is 0 Å². The Bertz CT molecular complexity index is 768. The van der Waals surface area contributed by atoms with Gasteiger partial charge >= 0.3 is 0 Å². The van der Waals surface area contributed by atoms with E-state index in [1.54, 1.807) is 0 Å². The molecule has 0 aliphatic rings. The number of nitrogens with zero attached hydrogens (tertiary/aromatic N) is 1. The predicted molar refractivity (Wildman–Crippen MR) is 82.6 cm³/mol. The Morgan fingerprint density at radius 1 is 1.00 bits per heavy atom. The fraction of sp³-hybridized carbons (Fsp3) is 0.235. The number of fused-ring (bicyclic) bond motifs is 1. The summed E-state index contributed by atoms with van der Waals surface area (Å²) in [5.41, 5.74) is 6.75. The summed E-state index contributed by atoms with van der Waals surface area (Å²) in [6, 6.07) is 13.2. The summed E-state index contributed by atoms with van der Waals surface area (Å²) in [6.07, 6.45) is 0. The van der Waals surface area contributed by atoms with Crippen LogP contribution in [-0.4, -0.2) is 0 Å². The summed E-state index contributed by atoms with van der Waals surface area (Å²) in [4.78, 5) is 0. The molecule has 3 aromatic rings. The van der Waals surface area contributed by atoms with Gasteiger partial charge in [-0.15, -0.1) is 0 Å². The van der Waals surface area contributed by atoms with Gasteiger partial charge in [0, 0.05) is 6.07 Å². The third-order valence-electron chi connectivity index (χ3n) is 3.78. The van der Waals surface area contributed by atoms with Gasteiger partial charge in [0.2, 0.25) is 5.52 Å². The van der Waals surface area contributed by atoms with Crippen molar-refractivity contribution in [2.75, 3.05) is 0 Å². The van der Waals surface area contributed by atoms with E-state index in [9.17, 15) is 0 Å². The highest BCUT2D eigenvalue weighted by atomic mass is 32.1. The molecule has 0 spiro atoms. The van der Waals surface area contributed by atoms with Crippen molar-refractivity contribution in [1.29, 1.82) is 0 Å². The highest BCUT2D eigenvalue weighted by molar-refractivity contribution is 7.21. The molecule has 3 rings (SSSR count). The number of hydrogen-bond donors (Lipinski definition) is 0. The maximum atomic E-state index is 2.31. The standard InChI is InChI=1S/C17H18NS/c1-11-9-12(2)13(3)14(10-11)17-18(4)15-7-5-6-8-16(15)19-17/h5-10H,1-4H3/q+1. The van der Waals surface area contributed by atoms with Gasteiger partial charge in [0.05, 0.1) is 5.56 Å². The third-order valence-corrected chi connectivity index (χ3v) is 5.03. The SMILES string of the molecule is Cc1cc(C)c(C)c(-c2sc3ccccc3[n+]2C)c1. The van der Waals surface area contributed by atoms with Crippen molar-refractivity contribution in [2.45, 2.75) is 20.8 Å². The average molecular weight is 268 g/mol. The third kappa shape index (κ3) is 1.96. The summed E-state index contributed by atoms with van der Waals surface area (Å²) < 4.78 is 3.65. The van der Waals surface area contributed by atoms with Crippen molar-refractivity contribution in [3.63, 3.8) is 0 Å². The molecule has 0 unspecified atom stereocenters. The summed E-state index contributed by atoms with van der Waals surface area (Å²) in [7, 11) is 2.16. The second-order valence-electron chi connectivity index (χ2n) is 5.19. The minimum atomic E-state index is 1.31. The van der Waals surface area contributed by atoms with Crippen molar-refractivity contribution < 1.29 is 4.57 Å². The van der Waals surface area contributed by atoms with E-state index < -0.39 is 0 Å². The lowest BCUT2D eigenvalue weighted by molar-refractivity contribution is -0.629. The first kappa shape index (κ1) is 12.4. The van der Waals surface area contributed by atoms with Crippen LogP contribution in [0.2, 0.25) is 0 Å². The molecule has 0 aliphatic heterocycles. The molecule has 0 saturated heterocycles. The number of para-hydroxylation sites is 1. The van der Waals surface area contributed by atoms with Crippen LogP contribution < -0.4 is 4.57 Å². The number of benzene rings is 2. The lowest BCUT2D eigenvalue weighted by Crippen LogP contribution is -2.28. The van der Waals surface area contributed by atoms with Crippen LogP contribution in [-0.2, 0) is 7.05 Å². The van der Waals surface area contributed by atoms with E-state index in [1.807, 2.05) is 11.3 Å². The number of rotatable bonds is 1. The van der Waals surface area contributed by atoms with Crippen LogP contribution in [0.4, 0.5) is 0 Å². The molecule has 0 saturated carbocycles. The van der Waals surface area contributed by atoms with Crippen molar-refractivity contribution >= 4 is 21.6 Å². The van der Waals surface area contributed by atoms with Crippen LogP contribution in [0.5, 0.6) is 0 Å². The Morgan fingerprint density at radius 3 is 2.47 bits per heavy atom. The normalized spacial score (nSPS) is 11.2. The van der Waals surface area contributed by atoms with Gasteiger partial charge in [-0.1, -0.05) is 29.5 Å². The maximum absolute atomic E-state index is 2.31. The largest absolute Gasteiger partial charge is 0.270 e. The van der Waals surface area contributed by atoms with Crippen molar-refractivity contribution in [3.05, 3.63) is 53.1 Å². The van der Waals surface area contributed by atoms with Gasteiger partial charge in [0.25, 0.3) is 5.01 Å². The Balaban J connectivity index is 2.33. The molecular weight excluding hydrogens is 250 g/mol. The average Bonchev–Trinajstić information content (AvgIpc) is 2.72. The van der Waals surface area contributed by atoms with E-state index in [0.29, 0.717) is 0 Å². The lowest BCUT2D eigenvalue weighted by atomic mass is 10.0. The van der Waals surface area contributed by atoms with Gasteiger partial charge in [-0.2, -0.15) is 4.57 Å². The van der Waals surface area contributed by atoms with E-state index in [-0.39, 0.29) is 0 Å². The molecule has 19 heavy (non-hydrogen) atoms. The molecule has 2 aromatic carbocycles. The number of thiazole rings is 1. The molecule has 0 radical (unpaired) electrons. The van der Waals surface area contributed by atoms with Gasteiger partial charge in [-0.05, 0) is 49.6 Å². The Labute approximate surface area is 118 Å². The van der Waals surface area contributed by atoms with Gasteiger partial charge in [0.15, 0.2) is 0 Å². The quantitative estimate of drug-likeness (QED) is 0.579. The van der Waals surface area contributed by atoms with Gasteiger partial charge < -0.3 is 0 Å². The molecule has 0 aliphatic carbocycles. The summed E-state index contributed by atoms with van der Waals surface area (Å²) >= 11 is 1.87. The molecule has 0 bridgehead atoms. The molecule has 0 fully saturated rings. The second-order valence-corrected chi connectivity index (χ2v) is 6.22. The van der Waals surface area contributed by atoms with Crippen molar-refractivity contribution in [1.82, 2.24) is 0 Å². The maximum Gasteiger partial charge on any atom is 0.270 e. The van der Waals surface area contributed by atoms with Crippen LogP contribution in [0.15, 0.2) is 36.4 Å². The van der Waals surface area contributed by atoms with Crippen molar-refractivity contribution in [2.24, 2.45) is 7.05 Å². The minimum absolute atomic E-state index is 1.31. The van der Waals surface area contributed by atoms with Crippen LogP contribution in [0.3, 0.4) is 0 Å². The number of hydrogen-bond acceptors (Lipinski definition) is 1. The molecule has 0 atom stereocenters. The predicted octanol–water partition coefficient (Wildman–Crippen LogP) is 4.32. The minimum Gasteiger partial charge on any atom is -0.184 e. The number of aryl methyl sites for hydroxylation is 3. The topological polar surface area (TPSA) is 3.88 Å². The molecule has 2 heteroatoms. The Kier molecular flexibility index (Phi) is 2.90. The zero-order valence-electron chi connectivity index (χ0n) is 11.8. The van der Waals surface area contributed by atoms with Gasteiger partial charge in [-0.25, -0.2) is 0 Å². The molecule has 0 amide bonds. The first-order valence-electron chi connectivity index (χ1n) is 6.53. The van der Waals surface area contributed by atoms with Crippen LogP contribution in [0.25, 0.3) is 20.8 Å². The first-order chi connectivity index (χ1) is 9.08. The van der Waals surface area contributed by atoms with E-state index in [4.69, 9.17) is 0 Å². The summed E-state index contributed by atoms with van der Waals surface area (Å²) in [5.74, 6) is 0. The summed E-state index contributed by atoms with van der Waals surface area (Å²) in [6.45, 7) is 6.58. The molecular formula is C17H18NS+. The molecule has 0 N–H and O–H groups in total. The van der Waals surface area contributed by atoms with E-state index in [0.717, 1.165) is 0 Å². The van der Waals surface area contributed by atoms with Crippen LogP contribution >= 0.6 is 11.3 Å². The molecule has 96 valence electrons. The molecule has 1 nitrogen and oxygen atoms in total. The molecule has 1 heterocycles. The monoisotopic (exact) mass is 268 g/mol. The van der Waals surface area contributed by atoms with E-state index in [1.165, 1.54) is 37.5 Å². The highest BCUT2D eigenvalue weighted by Crippen LogP contribution is 2.32. The van der Waals surface area contributed by atoms with Gasteiger partial charge in [-0.3, -0.25) is 0 Å². The fourth-order valence-corrected chi connectivity index (χ4v) is 3.82. The van der Waals surface area contributed by atoms with Crippen LogP contribution in [0.1, 0.15) is 16.7 Å². The lowest BCUT2D eigenvalue weighted by Gasteiger charge is -2.06. The summed E-state index contributed by atoms with van der Waals surface area (Å²) in [5, 5.41) is 1.34. The zero-order valence-corrected chi connectivity index (χ0v) is 12.6. The molecule has 1 aromatic heterocycles. The fourth-order valence-electron chi connectivity index (χ4n) is 2.60. The first-order valence-corrected chi connectivity index (χ1v) is 7.35. The highest BCUT2D eigenvalue weighted by Gasteiger charge is 2.20. The van der Waals surface area contributed by atoms with Crippen molar-refractivity contribution in [3.8, 4) is 10.6 Å². The van der Waals surface area contributed by atoms with Crippen LogP contribution in [0, 0.1) is 20.8 Å². The Hall–Kier alpha value is -1.67. The van der Waals surface area contributed by atoms with Gasteiger partial charge in [0.1, 0.15) is 11.7 Å².